The first-order chi connectivity index (χ1) is 12.2. The monoisotopic (exact) mass is 366 g/mol. The molecule has 2 aliphatic rings. The lowest BCUT2D eigenvalue weighted by atomic mass is 10.0. The minimum absolute atomic E-state index is 0.266. The van der Waals surface area contributed by atoms with E-state index in [4.69, 9.17) is 35.3 Å². The van der Waals surface area contributed by atoms with Gasteiger partial charge in [0, 0.05) is 13.1 Å². The molecule has 0 radical (unpaired) electrons. The lowest BCUT2D eigenvalue weighted by molar-refractivity contribution is -0.0298. The van der Waals surface area contributed by atoms with E-state index in [1.807, 2.05) is 0 Å². The first-order valence-electron chi connectivity index (χ1n) is 7.77. The van der Waals surface area contributed by atoms with Crippen molar-refractivity contribution in [3.63, 3.8) is 0 Å². The van der Waals surface area contributed by atoms with Gasteiger partial charge in [-0.3, -0.25) is 4.90 Å². The third kappa shape index (κ3) is 2.97. The molecule has 0 spiro atoms. The fourth-order valence-corrected chi connectivity index (χ4v) is 3.38. The molecule has 1 fully saturated rings. The summed E-state index contributed by atoms with van der Waals surface area (Å²) >= 11 is 6.38. The van der Waals surface area contributed by atoms with Gasteiger partial charge >= 0.3 is 0 Å². The van der Waals surface area contributed by atoms with E-state index in [1.54, 1.807) is 6.08 Å². The molecular formula is C17H19ClN2O5. The summed E-state index contributed by atoms with van der Waals surface area (Å²) in [4.78, 5) is 2.05. The van der Waals surface area contributed by atoms with Gasteiger partial charge in [0.05, 0.1) is 45.7 Å². The standard InChI is InChI=1S/C17H19ClN2O5/c1-21-13-11-8-10(9-19)17(20-4-6-24-7-5-20)25-14(11)16(23-3)15(22-2)12(13)18/h8,17H,4-7H2,1-3H3. The first-order valence-corrected chi connectivity index (χ1v) is 8.15. The fourth-order valence-electron chi connectivity index (χ4n) is 3.04. The second-order valence-corrected chi connectivity index (χ2v) is 5.86. The Hall–Kier alpha value is -2.14. The van der Waals surface area contributed by atoms with E-state index in [9.17, 15) is 5.26 Å². The molecule has 0 aromatic heterocycles. The van der Waals surface area contributed by atoms with Gasteiger partial charge in [-0.1, -0.05) is 11.6 Å². The number of fused-ring (bicyclic) bond motifs is 1. The molecule has 0 bridgehead atoms. The van der Waals surface area contributed by atoms with Crippen LogP contribution in [0.25, 0.3) is 6.08 Å². The molecule has 1 aromatic rings. The number of nitriles is 1. The molecule has 0 amide bonds. The molecule has 2 aliphatic heterocycles. The lowest BCUT2D eigenvalue weighted by Gasteiger charge is -2.37. The van der Waals surface area contributed by atoms with Crippen molar-refractivity contribution in [1.82, 2.24) is 4.90 Å². The van der Waals surface area contributed by atoms with Crippen molar-refractivity contribution in [3.05, 3.63) is 16.2 Å². The average molecular weight is 367 g/mol. The smallest absolute Gasteiger partial charge is 0.205 e. The Bertz CT molecular complexity index is 738. The minimum Gasteiger partial charge on any atom is -0.494 e. The molecule has 134 valence electrons. The van der Waals surface area contributed by atoms with Gasteiger partial charge in [-0.25, -0.2) is 0 Å². The summed E-state index contributed by atoms with van der Waals surface area (Å²) < 4.78 is 27.8. The normalized spacial score (nSPS) is 20.0. The number of nitrogens with zero attached hydrogens (tertiary/aromatic N) is 2. The van der Waals surface area contributed by atoms with Gasteiger partial charge in [0.15, 0.2) is 23.5 Å². The second-order valence-electron chi connectivity index (χ2n) is 5.49. The molecule has 2 heterocycles. The van der Waals surface area contributed by atoms with Crippen molar-refractivity contribution in [1.29, 1.82) is 5.26 Å². The second kappa shape index (κ2) is 7.40. The van der Waals surface area contributed by atoms with Crippen LogP contribution in [0.5, 0.6) is 23.0 Å². The van der Waals surface area contributed by atoms with E-state index >= 15 is 0 Å². The quantitative estimate of drug-likeness (QED) is 0.809. The van der Waals surface area contributed by atoms with E-state index in [2.05, 4.69) is 11.0 Å². The van der Waals surface area contributed by atoms with Gasteiger partial charge in [-0.15, -0.1) is 0 Å². The van der Waals surface area contributed by atoms with Gasteiger partial charge < -0.3 is 23.7 Å². The predicted octanol–water partition coefficient (Wildman–Crippen LogP) is 2.32. The van der Waals surface area contributed by atoms with Gasteiger partial charge in [-0.2, -0.15) is 5.26 Å². The van der Waals surface area contributed by atoms with Gasteiger partial charge in [0.1, 0.15) is 11.1 Å². The van der Waals surface area contributed by atoms with E-state index in [-0.39, 0.29) is 5.02 Å². The molecule has 25 heavy (non-hydrogen) atoms. The van der Waals surface area contributed by atoms with Crippen molar-refractivity contribution in [2.24, 2.45) is 0 Å². The maximum Gasteiger partial charge on any atom is 0.205 e. The summed E-state index contributed by atoms with van der Waals surface area (Å²) in [5.41, 5.74) is 1.03. The molecule has 0 saturated carbocycles. The van der Waals surface area contributed by atoms with Crippen molar-refractivity contribution >= 4 is 17.7 Å². The highest BCUT2D eigenvalue weighted by Gasteiger charge is 2.36. The Morgan fingerprint density at radius 3 is 2.32 bits per heavy atom. The van der Waals surface area contributed by atoms with Crippen LogP contribution in [0.3, 0.4) is 0 Å². The third-order valence-electron chi connectivity index (χ3n) is 4.21. The minimum atomic E-state index is -0.522. The largest absolute Gasteiger partial charge is 0.494 e. The molecule has 0 aliphatic carbocycles. The first kappa shape index (κ1) is 17.7. The summed E-state index contributed by atoms with van der Waals surface area (Å²) in [7, 11) is 4.51. The van der Waals surface area contributed by atoms with E-state index in [0.717, 1.165) is 0 Å². The van der Waals surface area contributed by atoms with Crippen LogP contribution in [-0.2, 0) is 4.74 Å². The van der Waals surface area contributed by atoms with Gasteiger partial charge in [0.25, 0.3) is 0 Å². The number of hydrogen-bond acceptors (Lipinski definition) is 7. The Morgan fingerprint density at radius 2 is 1.76 bits per heavy atom. The Morgan fingerprint density at radius 1 is 1.12 bits per heavy atom. The maximum atomic E-state index is 9.59. The molecule has 7 nitrogen and oxygen atoms in total. The van der Waals surface area contributed by atoms with Crippen molar-refractivity contribution in [3.8, 4) is 29.1 Å². The van der Waals surface area contributed by atoms with E-state index in [0.29, 0.717) is 60.4 Å². The summed E-state index contributed by atoms with van der Waals surface area (Å²) in [6, 6.07) is 2.21. The van der Waals surface area contributed by atoms with Crippen LogP contribution in [0, 0.1) is 11.3 Å². The summed E-state index contributed by atoms with van der Waals surface area (Å²) in [6.07, 6.45) is 1.21. The van der Waals surface area contributed by atoms with Crippen LogP contribution in [0.1, 0.15) is 5.56 Å². The number of methoxy groups -OCH3 is 3. The summed E-state index contributed by atoms with van der Waals surface area (Å²) in [6.45, 7) is 2.53. The maximum absolute atomic E-state index is 9.59. The van der Waals surface area contributed by atoms with E-state index in [1.165, 1.54) is 21.3 Å². The molecule has 1 aromatic carbocycles. The highest BCUT2D eigenvalue weighted by atomic mass is 35.5. The average Bonchev–Trinajstić information content (AvgIpc) is 2.66. The van der Waals surface area contributed by atoms with Crippen LogP contribution in [0.15, 0.2) is 5.57 Å². The summed E-state index contributed by atoms with van der Waals surface area (Å²) in [5.74, 6) is 1.52. The third-order valence-corrected chi connectivity index (χ3v) is 4.56. The number of ether oxygens (including phenoxy) is 5. The molecular weight excluding hydrogens is 348 g/mol. The number of hydrogen-bond donors (Lipinski definition) is 0. The highest BCUT2D eigenvalue weighted by Crippen LogP contribution is 2.54. The molecule has 1 unspecified atom stereocenters. The lowest BCUT2D eigenvalue weighted by Crippen LogP contribution is -2.47. The number of benzene rings is 1. The van der Waals surface area contributed by atoms with Crippen LogP contribution >= 0.6 is 11.6 Å². The number of morpholine rings is 1. The van der Waals surface area contributed by atoms with Crippen molar-refractivity contribution in [2.45, 2.75) is 6.23 Å². The van der Waals surface area contributed by atoms with Gasteiger partial charge in [0.2, 0.25) is 5.75 Å². The fraction of sp³-hybridized carbons (Fsp3) is 0.471. The zero-order valence-electron chi connectivity index (χ0n) is 14.3. The van der Waals surface area contributed by atoms with Crippen LogP contribution in [0.4, 0.5) is 0 Å². The predicted molar refractivity (Wildman–Crippen MR) is 91.5 cm³/mol. The Kier molecular flexibility index (Phi) is 5.23. The molecule has 1 atom stereocenters. The molecule has 8 heteroatoms. The molecule has 0 N–H and O–H groups in total. The van der Waals surface area contributed by atoms with Crippen molar-refractivity contribution in [2.75, 3.05) is 47.6 Å². The zero-order chi connectivity index (χ0) is 18.0. The zero-order valence-corrected chi connectivity index (χ0v) is 15.1. The highest BCUT2D eigenvalue weighted by molar-refractivity contribution is 6.34. The Labute approximate surface area is 151 Å². The molecule has 1 saturated heterocycles. The van der Waals surface area contributed by atoms with Gasteiger partial charge in [-0.05, 0) is 6.08 Å². The van der Waals surface area contributed by atoms with Crippen LogP contribution < -0.4 is 18.9 Å². The number of halogens is 1. The van der Waals surface area contributed by atoms with Crippen LogP contribution in [0.2, 0.25) is 5.02 Å². The van der Waals surface area contributed by atoms with Crippen LogP contribution in [-0.4, -0.2) is 58.8 Å². The number of rotatable bonds is 4. The SMILES string of the molecule is COc1c(Cl)c(OC)c(OC)c2c1C=C(C#N)C(N1CCOCC1)O2. The summed E-state index contributed by atoms with van der Waals surface area (Å²) in [5, 5.41) is 9.86. The van der Waals surface area contributed by atoms with Crippen molar-refractivity contribution < 1.29 is 23.7 Å². The van der Waals surface area contributed by atoms with E-state index < -0.39 is 6.23 Å². The topological polar surface area (TPSA) is 73.2 Å². The Balaban J connectivity index is 2.15. The molecule has 3 rings (SSSR count).